The highest BCUT2D eigenvalue weighted by atomic mass is 79.9. The molecule has 0 aromatic heterocycles. The van der Waals surface area contributed by atoms with Crippen LogP contribution in [0.25, 0.3) is 0 Å². The standard InChI is InChI=1S/C23H19Br2OP/c24-18-10-6-16(7-11-18)22-14-20(26)15-23(17-8-12-19(25)13-9-17)27(22)21-4-2-1-3-5-21/h1-13,22-23H,14-15H2/t22-,23-/m1/s1. The minimum Gasteiger partial charge on any atom is -0.300 e. The topological polar surface area (TPSA) is 17.1 Å². The fraction of sp³-hybridized carbons (Fsp3) is 0.174. The third kappa shape index (κ3) is 4.26. The molecule has 4 heteroatoms. The molecule has 1 fully saturated rings. The van der Waals surface area contributed by atoms with Gasteiger partial charge in [0.25, 0.3) is 0 Å². The summed E-state index contributed by atoms with van der Waals surface area (Å²) >= 11 is 7.06. The molecular weight excluding hydrogens is 483 g/mol. The largest absolute Gasteiger partial charge is 0.300 e. The van der Waals surface area contributed by atoms with Gasteiger partial charge in [-0.05, 0) is 40.7 Å². The fourth-order valence-corrected chi connectivity index (χ4v) is 7.80. The number of benzene rings is 3. The third-order valence-corrected chi connectivity index (χ3v) is 9.33. The van der Waals surface area contributed by atoms with Gasteiger partial charge in [0.15, 0.2) is 0 Å². The molecular formula is C23H19Br2OP. The molecule has 0 N–H and O–H groups in total. The van der Waals surface area contributed by atoms with Gasteiger partial charge in [-0.3, -0.25) is 4.79 Å². The highest BCUT2D eigenvalue weighted by molar-refractivity contribution is 9.10. The van der Waals surface area contributed by atoms with Crippen LogP contribution < -0.4 is 5.30 Å². The second-order valence-corrected chi connectivity index (χ2v) is 11.2. The van der Waals surface area contributed by atoms with Crippen LogP contribution in [-0.4, -0.2) is 5.78 Å². The normalized spacial score (nSPS) is 20.6. The second kappa shape index (κ2) is 8.39. The molecule has 1 heterocycles. The molecule has 27 heavy (non-hydrogen) atoms. The SMILES string of the molecule is O=C1C[C@H](c2ccc(Br)cc2)P(c2ccccc2)[C@@H](c2ccc(Br)cc2)C1. The molecule has 0 radical (unpaired) electrons. The molecule has 4 rings (SSSR count). The average Bonchev–Trinajstić information content (AvgIpc) is 2.69. The molecule has 0 unspecified atom stereocenters. The number of carbonyl (C=O) groups is 1. The van der Waals surface area contributed by atoms with E-state index in [2.05, 4.69) is 111 Å². The highest BCUT2D eigenvalue weighted by Gasteiger charge is 2.39. The first-order chi connectivity index (χ1) is 13.1. The summed E-state index contributed by atoms with van der Waals surface area (Å²) in [5.74, 6) is 0.366. The van der Waals surface area contributed by atoms with Crippen molar-refractivity contribution in [2.45, 2.75) is 24.2 Å². The van der Waals surface area contributed by atoms with Gasteiger partial charge in [-0.2, -0.15) is 0 Å². The number of Topliss-reactive ketones (excluding diaryl/α,β-unsaturated/α-hetero) is 1. The second-order valence-electron chi connectivity index (χ2n) is 6.82. The molecule has 136 valence electrons. The van der Waals surface area contributed by atoms with Gasteiger partial charge >= 0.3 is 0 Å². The lowest BCUT2D eigenvalue weighted by Gasteiger charge is -2.39. The van der Waals surface area contributed by atoms with Gasteiger partial charge in [-0.25, -0.2) is 0 Å². The maximum absolute atomic E-state index is 12.7. The zero-order valence-electron chi connectivity index (χ0n) is 14.7. The summed E-state index contributed by atoms with van der Waals surface area (Å²) < 4.78 is 2.14. The maximum atomic E-state index is 12.7. The zero-order chi connectivity index (χ0) is 18.8. The lowest BCUT2D eigenvalue weighted by Crippen LogP contribution is -2.23. The molecule has 0 spiro atoms. The Morgan fingerprint density at radius 1 is 0.667 bits per heavy atom. The first kappa shape index (κ1) is 19.1. The molecule has 1 aliphatic heterocycles. The van der Waals surface area contributed by atoms with Crippen LogP contribution in [0.3, 0.4) is 0 Å². The van der Waals surface area contributed by atoms with Gasteiger partial charge in [-0.15, -0.1) is 0 Å². The van der Waals surface area contributed by atoms with Crippen molar-refractivity contribution in [1.82, 2.24) is 0 Å². The average molecular weight is 502 g/mol. The molecule has 3 aromatic carbocycles. The van der Waals surface area contributed by atoms with Gasteiger partial charge < -0.3 is 0 Å². The quantitative estimate of drug-likeness (QED) is 0.348. The van der Waals surface area contributed by atoms with Crippen molar-refractivity contribution in [3.8, 4) is 0 Å². The van der Waals surface area contributed by atoms with Crippen LogP contribution in [0.5, 0.6) is 0 Å². The Bertz CT molecular complexity index is 865. The first-order valence-electron chi connectivity index (χ1n) is 8.98. The van der Waals surface area contributed by atoms with Crippen LogP contribution in [0.1, 0.15) is 35.3 Å². The van der Waals surface area contributed by atoms with E-state index >= 15 is 0 Å². The summed E-state index contributed by atoms with van der Waals surface area (Å²) in [5, 5.41) is 1.38. The van der Waals surface area contributed by atoms with Crippen LogP contribution in [0, 0.1) is 0 Å². The Balaban J connectivity index is 1.82. The summed E-state index contributed by atoms with van der Waals surface area (Å²) in [7, 11) is -0.544. The third-order valence-electron chi connectivity index (χ3n) is 5.08. The molecule has 1 saturated heterocycles. The number of hydrogen-bond acceptors (Lipinski definition) is 1. The van der Waals surface area contributed by atoms with Crippen LogP contribution in [0.2, 0.25) is 0 Å². The summed E-state index contributed by atoms with van der Waals surface area (Å²) in [6, 6.07) is 27.8. The smallest absolute Gasteiger partial charge is 0.134 e. The fourth-order valence-electron chi connectivity index (χ4n) is 3.82. The molecule has 0 saturated carbocycles. The van der Waals surface area contributed by atoms with Crippen molar-refractivity contribution < 1.29 is 4.79 Å². The van der Waals surface area contributed by atoms with Gasteiger partial charge in [0.1, 0.15) is 5.78 Å². The Labute approximate surface area is 178 Å². The molecule has 2 atom stereocenters. The van der Waals surface area contributed by atoms with Crippen molar-refractivity contribution in [3.05, 3.63) is 98.9 Å². The van der Waals surface area contributed by atoms with Crippen molar-refractivity contribution >= 4 is 50.9 Å². The number of hydrogen-bond donors (Lipinski definition) is 0. The lowest BCUT2D eigenvalue weighted by molar-refractivity contribution is -0.119. The summed E-state index contributed by atoms with van der Waals surface area (Å²) in [6.07, 6.45) is 1.27. The predicted molar refractivity (Wildman–Crippen MR) is 121 cm³/mol. The Kier molecular flexibility index (Phi) is 5.92. The van der Waals surface area contributed by atoms with Gasteiger partial charge in [0, 0.05) is 33.1 Å². The van der Waals surface area contributed by atoms with E-state index in [4.69, 9.17) is 0 Å². The molecule has 3 aromatic rings. The van der Waals surface area contributed by atoms with Crippen LogP contribution >= 0.6 is 39.8 Å². The molecule has 0 amide bonds. The molecule has 1 nitrogen and oxygen atoms in total. The highest BCUT2D eigenvalue weighted by Crippen LogP contribution is 2.66. The van der Waals surface area contributed by atoms with Crippen LogP contribution in [-0.2, 0) is 4.79 Å². The van der Waals surface area contributed by atoms with E-state index in [0.717, 1.165) is 8.95 Å². The van der Waals surface area contributed by atoms with Crippen LogP contribution in [0.4, 0.5) is 0 Å². The minimum atomic E-state index is -0.544. The van der Waals surface area contributed by atoms with E-state index in [0.29, 0.717) is 18.6 Å². The van der Waals surface area contributed by atoms with Crippen molar-refractivity contribution in [2.75, 3.05) is 0 Å². The molecule has 1 aliphatic rings. The lowest BCUT2D eigenvalue weighted by atomic mass is 10.0. The number of rotatable bonds is 3. The number of halogens is 2. The van der Waals surface area contributed by atoms with Gasteiger partial charge in [0.2, 0.25) is 0 Å². The van der Waals surface area contributed by atoms with Crippen molar-refractivity contribution in [1.29, 1.82) is 0 Å². The first-order valence-corrected chi connectivity index (χ1v) is 12.0. The predicted octanol–water partition coefficient (Wildman–Crippen LogP) is 7.16. The Morgan fingerprint density at radius 3 is 1.56 bits per heavy atom. The van der Waals surface area contributed by atoms with E-state index < -0.39 is 7.92 Å². The van der Waals surface area contributed by atoms with E-state index in [1.165, 1.54) is 16.4 Å². The molecule has 0 aliphatic carbocycles. The summed E-state index contributed by atoms with van der Waals surface area (Å²) in [6.45, 7) is 0. The monoisotopic (exact) mass is 500 g/mol. The van der Waals surface area contributed by atoms with Crippen molar-refractivity contribution in [2.24, 2.45) is 0 Å². The molecule has 0 bridgehead atoms. The van der Waals surface area contributed by atoms with E-state index in [1.807, 2.05) is 0 Å². The Morgan fingerprint density at radius 2 is 1.11 bits per heavy atom. The number of ketones is 1. The minimum absolute atomic E-state index is 0.255. The van der Waals surface area contributed by atoms with Crippen molar-refractivity contribution in [3.63, 3.8) is 0 Å². The number of carbonyl (C=O) groups excluding carboxylic acids is 1. The summed E-state index contributed by atoms with van der Waals surface area (Å²) in [4.78, 5) is 12.7. The van der Waals surface area contributed by atoms with Crippen LogP contribution in [0.15, 0.2) is 87.8 Å². The maximum Gasteiger partial charge on any atom is 0.134 e. The zero-order valence-corrected chi connectivity index (χ0v) is 18.8. The van der Waals surface area contributed by atoms with E-state index in [-0.39, 0.29) is 11.3 Å². The Hall–Kier alpha value is -1.28. The van der Waals surface area contributed by atoms with E-state index in [9.17, 15) is 4.79 Å². The van der Waals surface area contributed by atoms with Gasteiger partial charge in [0.05, 0.1) is 0 Å². The van der Waals surface area contributed by atoms with E-state index in [1.54, 1.807) is 0 Å². The summed E-state index contributed by atoms with van der Waals surface area (Å²) in [5.41, 5.74) is 3.04. The van der Waals surface area contributed by atoms with Gasteiger partial charge in [-0.1, -0.05) is 94.4 Å².